The number of amidine groups is 1. The molecule has 0 rings (SSSR count). The molecular formula is C10H23N3O3. The number of nitrogens with zero attached hydrogens (tertiary/aromatic N) is 1. The van der Waals surface area contributed by atoms with Gasteiger partial charge in [0.25, 0.3) is 0 Å². The highest BCUT2D eigenvalue weighted by Gasteiger charge is 2.04. The molecule has 0 bridgehead atoms. The third kappa shape index (κ3) is 8.46. The zero-order chi connectivity index (χ0) is 12.2. The lowest BCUT2D eigenvalue weighted by molar-refractivity contribution is 0.0688. The molecule has 0 saturated heterocycles. The van der Waals surface area contributed by atoms with E-state index in [2.05, 4.69) is 10.5 Å². The van der Waals surface area contributed by atoms with Gasteiger partial charge in [-0.25, -0.2) is 0 Å². The first-order valence-corrected chi connectivity index (χ1v) is 5.49. The lowest BCUT2D eigenvalue weighted by Gasteiger charge is -2.11. The molecule has 0 fully saturated rings. The minimum Gasteiger partial charge on any atom is -0.409 e. The standard InChI is InChI=1S/C10H23N3O3/c1-9(10(11)13-14)12-5-3-4-6-16-8-7-15-2/h9,12,14H,3-8H2,1-2H3,(H2,11,13). The van der Waals surface area contributed by atoms with Crippen molar-refractivity contribution in [2.75, 3.05) is 33.5 Å². The van der Waals surface area contributed by atoms with E-state index in [-0.39, 0.29) is 11.9 Å². The van der Waals surface area contributed by atoms with Gasteiger partial charge in [0.1, 0.15) is 0 Å². The maximum atomic E-state index is 8.42. The van der Waals surface area contributed by atoms with E-state index < -0.39 is 0 Å². The lowest BCUT2D eigenvalue weighted by Crippen LogP contribution is -2.39. The molecule has 16 heavy (non-hydrogen) atoms. The monoisotopic (exact) mass is 233 g/mol. The van der Waals surface area contributed by atoms with Crippen LogP contribution in [0.2, 0.25) is 0 Å². The van der Waals surface area contributed by atoms with Crippen molar-refractivity contribution >= 4 is 5.84 Å². The Hall–Kier alpha value is -0.850. The van der Waals surface area contributed by atoms with Gasteiger partial charge in [0.15, 0.2) is 5.84 Å². The summed E-state index contributed by atoms with van der Waals surface area (Å²) in [7, 11) is 1.65. The van der Waals surface area contributed by atoms with Crippen LogP contribution in [0.5, 0.6) is 0 Å². The minimum absolute atomic E-state index is 0.0978. The van der Waals surface area contributed by atoms with E-state index in [1.165, 1.54) is 0 Å². The van der Waals surface area contributed by atoms with Gasteiger partial charge in [-0.3, -0.25) is 0 Å². The number of ether oxygens (including phenoxy) is 2. The molecule has 0 saturated carbocycles. The van der Waals surface area contributed by atoms with Gasteiger partial charge < -0.3 is 25.7 Å². The minimum atomic E-state index is -0.0978. The maximum Gasteiger partial charge on any atom is 0.156 e. The summed E-state index contributed by atoms with van der Waals surface area (Å²) in [5.41, 5.74) is 5.41. The number of hydrogen-bond donors (Lipinski definition) is 3. The summed E-state index contributed by atoms with van der Waals surface area (Å²) >= 11 is 0. The van der Waals surface area contributed by atoms with Gasteiger partial charge >= 0.3 is 0 Å². The first-order valence-electron chi connectivity index (χ1n) is 5.49. The first kappa shape index (κ1) is 15.2. The smallest absolute Gasteiger partial charge is 0.156 e. The van der Waals surface area contributed by atoms with Crippen LogP contribution < -0.4 is 11.1 Å². The van der Waals surface area contributed by atoms with Crippen LogP contribution in [0.1, 0.15) is 19.8 Å². The van der Waals surface area contributed by atoms with Gasteiger partial charge in [-0.2, -0.15) is 0 Å². The van der Waals surface area contributed by atoms with Crippen LogP contribution >= 0.6 is 0 Å². The van der Waals surface area contributed by atoms with Gasteiger partial charge in [0, 0.05) is 13.7 Å². The van der Waals surface area contributed by atoms with Gasteiger partial charge in [0.05, 0.1) is 19.3 Å². The second-order valence-electron chi connectivity index (χ2n) is 3.51. The summed E-state index contributed by atoms with van der Waals surface area (Å²) in [6.07, 6.45) is 1.98. The van der Waals surface area contributed by atoms with Crippen molar-refractivity contribution in [2.24, 2.45) is 10.9 Å². The van der Waals surface area contributed by atoms with Gasteiger partial charge in [-0.05, 0) is 26.3 Å². The quantitative estimate of drug-likeness (QED) is 0.164. The van der Waals surface area contributed by atoms with Gasteiger partial charge in [-0.1, -0.05) is 5.16 Å². The molecule has 96 valence electrons. The van der Waals surface area contributed by atoms with E-state index in [1.54, 1.807) is 7.11 Å². The molecule has 0 aromatic carbocycles. The molecule has 0 aliphatic carbocycles. The SMILES string of the molecule is COCCOCCCCNC(C)C(N)=NO. The van der Waals surface area contributed by atoms with Gasteiger partial charge in [0.2, 0.25) is 0 Å². The first-order chi connectivity index (χ1) is 7.72. The second-order valence-corrected chi connectivity index (χ2v) is 3.51. The molecule has 0 aromatic heterocycles. The fraction of sp³-hybridized carbons (Fsp3) is 0.900. The number of nitrogens with one attached hydrogen (secondary N) is 1. The Morgan fingerprint density at radius 3 is 2.75 bits per heavy atom. The molecule has 0 aromatic rings. The molecule has 4 N–H and O–H groups in total. The average molecular weight is 233 g/mol. The number of hydrogen-bond acceptors (Lipinski definition) is 5. The van der Waals surface area contributed by atoms with Crippen LogP contribution in [0.25, 0.3) is 0 Å². The molecule has 6 heteroatoms. The van der Waals surface area contributed by atoms with Crippen molar-refractivity contribution in [3.8, 4) is 0 Å². The summed E-state index contributed by atoms with van der Waals surface area (Å²) in [5.74, 6) is 0.205. The van der Waals surface area contributed by atoms with E-state index >= 15 is 0 Å². The van der Waals surface area contributed by atoms with Crippen molar-refractivity contribution in [1.82, 2.24) is 5.32 Å². The van der Waals surface area contributed by atoms with Crippen LogP contribution in [0, 0.1) is 0 Å². The summed E-state index contributed by atoms with van der Waals surface area (Å²) in [5, 5.41) is 14.5. The maximum absolute atomic E-state index is 8.42. The Balaban J connectivity index is 3.21. The van der Waals surface area contributed by atoms with Crippen molar-refractivity contribution in [3.05, 3.63) is 0 Å². The van der Waals surface area contributed by atoms with E-state index in [4.69, 9.17) is 20.4 Å². The highest BCUT2D eigenvalue weighted by atomic mass is 16.5. The predicted octanol–water partition coefficient (Wildman–Crippen LogP) is 0.154. The van der Waals surface area contributed by atoms with E-state index in [1.807, 2.05) is 6.92 Å². The topological polar surface area (TPSA) is 89.1 Å². The Morgan fingerprint density at radius 1 is 1.38 bits per heavy atom. The molecule has 1 atom stereocenters. The normalized spacial score (nSPS) is 14.0. The second kappa shape index (κ2) is 10.7. The molecule has 0 radical (unpaired) electrons. The van der Waals surface area contributed by atoms with Crippen LogP contribution in [0.4, 0.5) is 0 Å². The van der Waals surface area contributed by atoms with Gasteiger partial charge in [-0.15, -0.1) is 0 Å². The van der Waals surface area contributed by atoms with Crippen LogP contribution in [0.15, 0.2) is 5.16 Å². The lowest BCUT2D eigenvalue weighted by atomic mass is 10.2. The summed E-state index contributed by atoms with van der Waals surface area (Å²) in [6, 6.07) is -0.0978. The zero-order valence-electron chi connectivity index (χ0n) is 10.1. The fourth-order valence-electron chi connectivity index (χ4n) is 1.08. The fourth-order valence-corrected chi connectivity index (χ4v) is 1.08. The molecule has 0 spiro atoms. The Kier molecular flexibility index (Phi) is 10.1. The Labute approximate surface area is 96.8 Å². The van der Waals surface area contributed by atoms with E-state index in [9.17, 15) is 0 Å². The highest BCUT2D eigenvalue weighted by molar-refractivity contribution is 5.84. The molecule has 0 amide bonds. The average Bonchev–Trinajstić information content (AvgIpc) is 2.31. The zero-order valence-corrected chi connectivity index (χ0v) is 10.1. The highest BCUT2D eigenvalue weighted by Crippen LogP contribution is 1.90. The van der Waals surface area contributed by atoms with Crippen LogP contribution in [0.3, 0.4) is 0 Å². The number of oxime groups is 1. The summed E-state index contributed by atoms with van der Waals surface area (Å²) in [6.45, 7) is 4.70. The Morgan fingerprint density at radius 2 is 2.12 bits per heavy atom. The predicted molar refractivity (Wildman–Crippen MR) is 62.8 cm³/mol. The molecule has 0 aliphatic rings. The van der Waals surface area contributed by atoms with Crippen molar-refractivity contribution in [2.45, 2.75) is 25.8 Å². The molecule has 0 aliphatic heterocycles. The number of nitrogens with two attached hydrogens (primary N) is 1. The molecule has 6 nitrogen and oxygen atoms in total. The number of rotatable bonds is 10. The van der Waals surface area contributed by atoms with Crippen molar-refractivity contribution in [1.29, 1.82) is 0 Å². The van der Waals surface area contributed by atoms with E-state index in [0.717, 1.165) is 26.0 Å². The van der Waals surface area contributed by atoms with Crippen LogP contribution in [-0.2, 0) is 9.47 Å². The number of unbranched alkanes of at least 4 members (excludes halogenated alkanes) is 1. The van der Waals surface area contributed by atoms with E-state index in [0.29, 0.717) is 13.2 Å². The summed E-state index contributed by atoms with van der Waals surface area (Å²) in [4.78, 5) is 0. The summed E-state index contributed by atoms with van der Waals surface area (Å²) < 4.78 is 10.2. The van der Waals surface area contributed by atoms with Crippen LogP contribution in [-0.4, -0.2) is 50.6 Å². The molecule has 1 unspecified atom stereocenters. The molecular weight excluding hydrogens is 210 g/mol. The Bertz CT molecular complexity index is 188. The third-order valence-electron chi connectivity index (χ3n) is 2.16. The number of methoxy groups -OCH3 is 1. The largest absolute Gasteiger partial charge is 0.409 e. The van der Waals surface area contributed by atoms with Crippen molar-refractivity contribution < 1.29 is 14.7 Å². The molecule has 0 heterocycles. The third-order valence-corrected chi connectivity index (χ3v) is 2.16. The van der Waals surface area contributed by atoms with Crippen molar-refractivity contribution in [3.63, 3.8) is 0 Å².